The van der Waals surface area contributed by atoms with E-state index >= 15 is 0 Å². The summed E-state index contributed by atoms with van der Waals surface area (Å²) in [5, 5.41) is 0. The normalized spacial score (nSPS) is 10.1. The molecule has 0 aliphatic rings. The van der Waals surface area contributed by atoms with Crippen molar-refractivity contribution in [2.45, 2.75) is 6.92 Å². The average Bonchev–Trinajstić information content (AvgIpc) is 2.65. The molecule has 0 atom stereocenters. The van der Waals surface area contributed by atoms with Crippen molar-refractivity contribution in [2.75, 3.05) is 7.11 Å². The summed E-state index contributed by atoms with van der Waals surface area (Å²) >= 11 is 0. The topological polar surface area (TPSA) is 50.8 Å². The van der Waals surface area contributed by atoms with Gasteiger partial charge in [0, 0.05) is 23.5 Å². The predicted octanol–water partition coefficient (Wildman–Crippen LogP) is 1.79. The van der Waals surface area contributed by atoms with Crippen molar-refractivity contribution >= 4 is 0 Å². The Morgan fingerprint density at radius 2 is 2.14 bits per heavy atom. The molecule has 0 unspecified atom stereocenters. The molecule has 2 rings (SSSR count). The van der Waals surface area contributed by atoms with Crippen LogP contribution in [-0.4, -0.2) is 22.1 Å². The lowest BCUT2D eigenvalue weighted by Crippen LogP contribution is -1.88. The number of aromatic amines is 1. The number of aromatic nitrogens is 3. The highest BCUT2D eigenvalue weighted by molar-refractivity contribution is 5.60. The Morgan fingerprint density at radius 1 is 1.29 bits per heavy atom. The number of ether oxygens (including phenoxy) is 1. The van der Waals surface area contributed by atoms with Crippen LogP contribution < -0.4 is 4.74 Å². The fourth-order valence-corrected chi connectivity index (χ4v) is 1.29. The van der Waals surface area contributed by atoms with Crippen LogP contribution in [0.15, 0.2) is 24.7 Å². The van der Waals surface area contributed by atoms with Crippen molar-refractivity contribution in [1.29, 1.82) is 0 Å². The summed E-state index contributed by atoms with van der Waals surface area (Å²) in [5.41, 5.74) is 2.96. The number of pyridine rings is 1. The molecule has 0 saturated carbocycles. The van der Waals surface area contributed by atoms with Crippen molar-refractivity contribution in [2.24, 2.45) is 0 Å². The van der Waals surface area contributed by atoms with E-state index < -0.39 is 0 Å². The summed E-state index contributed by atoms with van der Waals surface area (Å²) in [4.78, 5) is 11.3. The smallest absolute Gasteiger partial charge is 0.212 e. The third-order valence-electron chi connectivity index (χ3n) is 2.05. The summed E-state index contributed by atoms with van der Waals surface area (Å²) in [6.45, 7) is 1.98. The maximum atomic E-state index is 4.98. The van der Waals surface area contributed by atoms with Gasteiger partial charge in [-0.25, -0.2) is 9.97 Å². The fourth-order valence-electron chi connectivity index (χ4n) is 1.29. The second-order valence-electron chi connectivity index (χ2n) is 2.97. The number of rotatable bonds is 2. The lowest BCUT2D eigenvalue weighted by Gasteiger charge is -2.00. The zero-order valence-electron chi connectivity index (χ0n) is 8.11. The molecule has 0 saturated heterocycles. The van der Waals surface area contributed by atoms with Crippen LogP contribution in [0.4, 0.5) is 0 Å². The van der Waals surface area contributed by atoms with Crippen LogP contribution in [0.3, 0.4) is 0 Å². The van der Waals surface area contributed by atoms with Crippen LogP contribution in [0.2, 0.25) is 0 Å². The molecule has 2 aromatic heterocycles. The van der Waals surface area contributed by atoms with Crippen molar-refractivity contribution < 1.29 is 4.74 Å². The minimum Gasteiger partial charge on any atom is -0.481 e. The Hall–Kier alpha value is -1.84. The van der Waals surface area contributed by atoms with Crippen LogP contribution in [0, 0.1) is 6.92 Å². The van der Waals surface area contributed by atoms with Crippen LogP contribution in [0.1, 0.15) is 5.69 Å². The Bertz CT molecular complexity index is 419. The molecule has 0 aliphatic heterocycles. The lowest BCUT2D eigenvalue weighted by atomic mass is 10.2. The van der Waals surface area contributed by atoms with Crippen LogP contribution >= 0.6 is 0 Å². The molecule has 0 bridgehead atoms. The largest absolute Gasteiger partial charge is 0.481 e. The first-order chi connectivity index (χ1) is 6.81. The summed E-state index contributed by atoms with van der Waals surface area (Å²) in [7, 11) is 1.60. The van der Waals surface area contributed by atoms with Crippen molar-refractivity contribution in [1.82, 2.24) is 15.0 Å². The van der Waals surface area contributed by atoms with Gasteiger partial charge in [0.1, 0.15) is 0 Å². The molecular weight excluding hydrogens is 178 g/mol. The predicted molar refractivity (Wildman–Crippen MR) is 53.1 cm³/mol. The first kappa shape index (κ1) is 8.74. The van der Waals surface area contributed by atoms with E-state index in [0.29, 0.717) is 5.88 Å². The van der Waals surface area contributed by atoms with Crippen molar-refractivity contribution in [3.8, 4) is 17.1 Å². The third kappa shape index (κ3) is 1.46. The first-order valence-corrected chi connectivity index (χ1v) is 4.31. The Morgan fingerprint density at radius 3 is 2.64 bits per heavy atom. The van der Waals surface area contributed by atoms with Gasteiger partial charge < -0.3 is 9.72 Å². The monoisotopic (exact) mass is 189 g/mol. The summed E-state index contributed by atoms with van der Waals surface area (Å²) in [6.07, 6.45) is 3.43. The van der Waals surface area contributed by atoms with Gasteiger partial charge in [-0.2, -0.15) is 0 Å². The molecule has 0 aliphatic carbocycles. The molecular formula is C10H11N3O. The minimum atomic E-state index is 0.613. The number of methoxy groups -OCH3 is 1. The molecule has 0 aromatic carbocycles. The van der Waals surface area contributed by atoms with E-state index in [1.807, 2.05) is 19.1 Å². The summed E-state index contributed by atoms with van der Waals surface area (Å²) in [6, 6.07) is 3.76. The minimum absolute atomic E-state index is 0.613. The Balaban J connectivity index is 2.39. The number of aryl methyl sites for hydroxylation is 1. The zero-order chi connectivity index (χ0) is 9.97. The lowest BCUT2D eigenvalue weighted by molar-refractivity contribution is 0.398. The van der Waals surface area contributed by atoms with Crippen LogP contribution in [0.25, 0.3) is 11.3 Å². The van der Waals surface area contributed by atoms with E-state index in [4.69, 9.17) is 4.74 Å². The molecule has 1 N–H and O–H groups in total. The van der Waals surface area contributed by atoms with Gasteiger partial charge in [-0.15, -0.1) is 0 Å². The van der Waals surface area contributed by atoms with Crippen molar-refractivity contribution in [3.05, 3.63) is 30.4 Å². The van der Waals surface area contributed by atoms with E-state index in [1.54, 1.807) is 19.6 Å². The molecule has 0 spiro atoms. The van der Waals surface area contributed by atoms with Gasteiger partial charge in [0.05, 0.1) is 19.1 Å². The van der Waals surface area contributed by atoms with Gasteiger partial charge in [0.25, 0.3) is 0 Å². The molecule has 2 aromatic rings. The molecule has 0 amide bonds. The SMILES string of the molecule is COc1ccc(-c2nc[nH]c2C)cn1. The maximum absolute atomic E-state index is 4.98. The molecule has 14 heavy (non-hydrogen) atoms. The van der Waals surface area contributed by atoms with E-state index in [2.05, 4.69) is 15.0 Å². The second-order valence-corrected chi connectivity index (χ2v) is 2.97. The molecule has 4 heteroatoms. The number of nitrogens with one attached hydrogen (secondary N) is 1. The number of H-pyrrole nitrogens is 1. The molecule has 72 valence electrons. The quantitative estimate of drug-likeness (QED) is 0.783. The van der Waals surface area contributed by atoms with E-state index in [1.165, 1.54) is 0 Å². The molecule has 0 radical (unpaired) electrons. The number of hydrogen-bond acceptors (Lipinski definition) is 3. The van der Waals surface area contributed by atoms with Crippen molar-refractivity contribution in [3.63, 3.8) is 0 Å². The van der Waals surface area contributed by atoms with Crippen LogP contribution in [-0.2, 0) is 0 Å². The van der Waals surface area contributed by atoms with E-state index in [9.17, 15) is 0 Å². The standard InChI is InChI=1S/C10H11N3O/c1-7-10(13-6-12-7)8-3-4-9(14-2)11-5-8/h3-6H,1-2H3,(H,12,13). The van der Waals surface area contributed by atoms with Gasteiger partial charge in [0.15, 0.2) is 0 Å². The molecule has 2 heterocycles. The number of imidazole rings is 1. The van der Waals surface area contributed by atoms with Gasteiger partial charge in [0.2, 0.25) is 5.88 Å². The maximum Gasteiger partial charge on any atom is 0.212 e. The fraction of sp³-hybridized carbons (Fsp3) is 0.200. The summed E-state index contributed by atoms with van der Waals surface area (Å²) in [5.74, 6) is 0.613. The first-order valence-electron chi connectivity index (χ1n) is 4.31. The highest BCUT2D eigenvalue weighted by atomic mass is 16.5. The molecule has 4 nitrogen and oxygen atoms in total. The number of hydrogen-bond donors (Lipinski definition) is 1. The van der Waals surface area contributed by atoms with Gasteiger partial charge in [-0.1, -0.05) is 0 Å². The second kappa shape index (κ2) is 3.49. The average molecular weight is 189 g/mol. The van der Waals surface area contributed by atoms with Crippen LogP contribution in [0.5, 0.6) is 5.88 Å². The van der Waals surface area contributed by atoms with Gasteiger partial charge in [-0.3, -0.25) is 0 Å². The van der Waals surface area contributed by atoms with E-state index in [0.717, 1.165) is 17.0 Å². The Kier molecular flexibility index (Phi) is 2.18. The van der Waals surface area contributed by atoms with Gasteiger partial charge in [-0.05, 0) is 13.0 Å². The Labute approximate surface area is 82.0 Å². The zero-order valence-corrected chi connectivity index (χ0v) is 8.11. The van der Waals surface area contributed by atoms with Gasteiger partial charge >= 0.3 is 0 Å². The molecule has 0 fully saturated rings. The highest BCUT2D eigenvalue weighted by Gasteiger charge is 2.04. The highest BCUT2D eigenvalue weighted by Crippen LogP contribution is 2.20. The number of nitrogens with zero attached hydrogens (tertiary/aromatic N) is 2. The third-order valence-corrected chi connectivity index (χ3v) is 2.05. The van der Waals surface area contributed by atoms with E-state index in [-0.39, 0.29) is 0 Å². The summed E-state index contributed by atoms with van der Waals surface area (Å²) < 4.78 is 4.98.